The molecule has 30 heavy (non-hydrogen) atoms. The average molecular weight is 434 g/mol. The zero-order valence-corrected chi connectivity index (χ0v) is 18.1. The number of nitrogens with one attached hydrogen (secondary N) is 1. The van der Waals surface area contributed by atoms with Crippen LogP contribution in [-0.2, 0) is 16.1 Å². The Hall–Kier alpha value is -2.49. The van der Waals surface area contributed by atoms with Gasteiger partial charge in [-0.3, -0.25) is 9.19 Å². The summed E-state index contributed by atoms with van der Waals surface area (Å²) in [7, 11) is 0. The van der Waals surface area contributed by atoms with Gasteiger partial charge in [-0.2, -0.15) is 0 Å². The minimum atomic E-state index is -2.22. The van der Waals surface area contributed by atoms with Crippen molar-refractivity contribution in [3.05, 3.63) is 54.4 Å². The molecule has 0 amide bonds. The predicted molar refractivity (Wildman–Crippen MR) is 118 cm³/mol. The SMILES string of the molecule is CCO/N=C/c1ccc(OCCCCCN(CCNc2ccncc2)S(=O)[O-])cc1. The molecule has 0 aliphatic rings. The van der Waals surface area contributed by atoms with E-state index in [4.69, 9.17) is 9.57 Å². The molecule has 0 bridgehead atoms. The number of rotatable bonds is 15. The van der Waals surface area contributed by atoms with E-state index >= 15 is 0 Å². The van der Waals surface area contributed by atoms with Crippen molar-refractivity contribution in [3.63, 3.8) is 0 Å². The van der Waals surface area contributed by atoms with Crippen LogP contribution in [0.3, 0.4) is 0 Å². The van der Waals surface area contributed by atoms with Gasteiger partial charge in [-0.05, 0) is 68.1 Å². The minimum absolute atomic E-state index is 0.424. The van der Waals surface area contributed by atoms with Crippen LogP contribution in [0, 0.1) is 0 Å². The van der Waals surface area contributed by atoms with Crippen molar-refractivity contribution < 1.29 is 18.3 Å². The van der Waals surface area contributed by atoms with Crippen molar-refractivity contribution in [1.29, 1.82) is 0 Å². The molecule has 0 saturated carbocycles. The molecule has 1 atom stereocenters. The Bertz CT molecular complexity index is 759. The number of aromatic nitrogens is 1. The van der Waals surface area contributed by atoms with E-state index in [0.29, 0.717) is 32.8 Å². The highest BCUT2D eigenvalue weighted by molar-refractivity contribution is 7.76. The molecule has 0 aliphatic carbocycles. The Morgan fingerprint density at radius 2 is 1.90 bits per heavy atom. The quantitative estimate of drug-likeness (QED) is 0.200. The maximum atomic E-state index is 11.4. The minimum Gasteiger partial charge on any atom is -0.760 e. The fourth-order valence-electron chi connectivity index (χ4n) is 2.64. The van der Waals surface area contributed by atoms with Gasteiger partial charge >= 0.3 is 0 Å². The molecule has 2 aromatic rings. The molecule has 1 N–H and O–H groups in total. The summed E-state index contributed by atoms with van der Waals surface area (Å²) in [5.74, 6) is 0.799. The summed E-state index contributed by atoms with van der Waals surface area (Å²) in [5, 5.41) is 7.01. The summed E-state index contributed by atoms with van der Waals surface area (Å²) in [6.07, 6.45) is 7.59. The number of ether oxygens (including phenoxy) is 1. The maximum Gasteiger partial charge on any atom is 0.119 e. The van der Waals surface area contributed by atoms with E-state index in [9.17, 15) is 8.76 Å². The van der Waals surface area contributed by atoms with Gasteiger partial charge in [-0.15, -0.1) is 0 Å². The second kappa shape index (κ2) is 14.5. The van der Waals surface area contributed by atoms with E-state index in [0.717, 1.165) is 36.3 Å². The van der Waals surface area contributed by atoms with Crippen LogP contribution in [0.1, 0.15) is 31.7 Å². The number of hydrogen-bond donors (Lipinski definition) is 1. The predicted octanol–water partition coefficient (Wildman–Crippen LogP) is 3.21. The summed E-state index contributed by atoms with van der Waals surface area (Å²) < 4.78 is 30.0. The Labute approximate surface area is 180 Å². The standard InChI is InChI=1S/C21H30N4O4S/c1-2-29-24-18-19-6-8-21(9-7-19)28-17-5-3-4-15-25(30(26)27)16-14-23-20-10-12-22-13-11-20/h6-13,18H,2-5,14-17H2,1H3,(H,22,23)(H,26,27)/p-1/b24-18+. The summed E-state index contributed by atoms with van der Waals surface area (Å²) in [6, 6.07) is 11.3. The highest BCUT2D eigenvalue weighted by Crippen LogP contribution is 2.12. The molecule has 1 heterocycles. The molecule has 8 nitrogen and oxygen atoms in total. The molecule has 2 rings (SSSR count). The summed E-state index contributed by atoms with van der Waals surface area (Å²) in [6.45, 7) is 4.49. The van der Waals surface area contributed by atoms with Crippen LogP contribution in [0.2, 0.25) is 0 Å². The highest BCUT2D eigenvalue weighted by Gasteiger charge is 2.05. The lowest BCUT2D eigenvalue weighted by atomic mass is 10.2. The number of oxime groups is 1. The molecule has 1 unspecified atom stereocenters. The largest absolute Gasteiger partial charge is 0.760 e. The van der Waals surface area contributed by atoms with E-state index in [2.05, 4.69) is 15.5 Å². The van der Waals surface area contributed by atoms with Gasteiger partial charge in [0, 0.05) is 49.0 Å². The zero-order chi connectivity index (χ0) is 21.4. The Kier molecular flexibility index (Phi) is 11.5. The van der Waals surface area contributed by atoms with Crippen LogP contribution >= 0.6 is 0 Å². The van der Waals surface area contributed by atoms with Gasteiger partial charge in [-0.1, -0.05) is 5.16 Å². The monoisotopic (exact) mass is 433 g/mol. The number of unbranched alkanes of at least 4 members (excludes halogenated alkanes) is 2. The molecule has 0 radical (unpaired) electrons. The fourth-order valence-corrected chi connectivity index (χ4v) is 3.15. The van der Waals surface area contributed by atoms with E-state index in [-0.39, 0.29) is 0 Å². The van der Waals surface area contributed by atoms with E-state index in [1.807, 2.05) is 43.3 Å². The fraction of sp³-hybridized carbons (Fsp3) is 0.429. The van der Waals surface area contributed by atoms with E-state index in [1.165, 1.54) is 4.31 Å². The first-order valence-corrected chi connectivity index (χ1v) is 11.1. The smallest absolute Gasteiger partial charge is 0.119 e. The van der Waals surface area contributed by atoms with Crippen LogP contribution in [0.5, 0.6) is 5.75 Å². The molecule has 9 heteroatoms. The summed E-state index contributed by atoms with van der Waals surface area (Å²) >= 11 is -2.22. The number of nitrogens with zero attached hydrogens (tertiary/aromatic N) is 3. The molecule has 164 valence electrons. The Morgan fingerprint density at radius 1 is 1.13 bits per heavy atom. The van der Waals surface area contributed by atoms with Gasteiger partial charge < -0.3 is 19.4 Å². The summed E-state index contributed by atoms with van der Waals surface area (Å²) in [4.78, 5) is 8.88. The van der Waals surface area contributed by atoms with Gasteiger partial charge in [0.05, 0.1) is 12.8 Å². The van der Waals surface area contributed by atoms with Crippen molar-refractivity contribution >= 4 is 23.2 Å². The molecular formula is C21H29N4O4S-. The van der Waals surface area contributed by atoms with Crippen molar-refractivity contribution in [2.75, 3.05) is 38.2 Å². The van der Waals surface area contributed by atoms with Gasteiger partial charge in [0.1, 0.15) is 12.4 Å². The molecule has 0 saturated heterocycles. The first-order chi connectivity index (χ1) is 14.7. The molecule has 1 aromatic heterocycles. The third kappa shape index (κ3) is 9.82. The number of hydrogen-bond acceptors (Lipinski definition) is 7. The van der Waals surface area contributed by atoms with Crippen LogP contribution < -0.4 is 10.1 Å². The highest BCUT2D eigenvalue weighted by atomic mass is 32.2. The molecule has 0 fully saturated rings. The number of benzene rings is 1. The summed E-state index contributed by atoms with van der Waals surface area (Å²) in [5.41, 5.74) is 1.87. The molecule has 1 aromatic carbocycles. The van der Waals surface area contributed by atoms with E-state index in [1.54, 1.807) is 18.6 Å². The van der Waals surface area contributed by atoms with Crippen LogP contribution in [0.15, 0.2) is 53.9 Å². The van der Waals surface area contributed by atoms with Gasteiger partial charge in [-0.25, -0.2) is 4.31 Å². The van der Waals surface area contributed by atoms with Crippen LogP contribution in [0.25, 0.3) is 0 Å². The van der Waals surface area contributed by atoms with Gasteiger partial charge in [0.25, 0.3) is 0 Å². The average Bonchev–Trinajstić information content (AvgIpc) is 2.76. The lowest BCUT2D eigenvalue weighted by Crippen LogP contribution is -2.31. The number of pyridine rings is 1. The normalized spacial score (nSPS) is 12.2. The molecule has 0 spiro atoms. The molecule has 0 aliphatic heterocycles. The first-order valence-electron chi connectivity index (χ1n) is 10.1. The number of anilines is 1. The first kappa shape index (κ1) is 23.8. The third-order valence-electron chi connectivity index (χ3n) is 4.19. The van der Waals surface area contributed by atoms with Crippen molar-refractivity contribution in [1.82, 2.24) is 9.29 Å². The second-order valence-corrected chi connectivity index (χ2v) is 7.39. The van der Waals surface area contributed by atoms with Crippen molar-refractivity contribution in [3.8, 4) is 5.75 Å². The van der Waals surface area contributed by atoms with E-state index < -0.39 is 11.3 Å². The zero-order valence-electron chi connectivity index (χ0n) is 17.2. The van der Waals surface area contributed by atoms with Crippen LogP contribution in [0.4, 0.5) is 5.69 Å². The lowest BCUT2D eigenvalue weighted by molar-refractivity contribution is 0.160. The Morgan fingerprint density at radius 3 is 2.60 bits per heavy atom. The third-order valence-corrected chi connectivity index (χ3v) is 4.97. The second-order valence-electron chi connectivity index (χ2n) is 6.44. The Balaban J connectivity index is 1.58. The van der Waals surface area contributed by atoms with Crippen molar-refractivity contribution in [2.24, 2.45) is 5.16 Å². The molecular weight excluding hydrogens is 404 g/mol. The van der Waals surface area contributed by atoms with Crippen LogP contribution in [-0.4, -0.2) is 57.1 Å². The topological polar surface area (TPSA) is 99.1 Å². The lowest BCUT2D eigenvalue weighted by Gasteiger charge is -2.24. The van der Waals surface area contributed by atoms with Crippen molar-refractivity contribution in [2.45, 2.75) is 26.2 Å². The van der Waals surface area contributed by atoms with Gasteiger partial charge in [0.2, 0.25) is 0 Å². The van der Waals surface area contributed by atoms with Gasteiger partial charge in [0.15, 0.2) is 0 Å². The maximum absolute atomic E-state index is 11.4.